The number of rotatable bonds is 14. The van der Waals surface area contributed by atoms with Crippen LogP contribution in [0.2, 0.25) is 0 Å². The molecule has 6 nitrogen and oxygen atoms in total. The highest BCUT2D eigenvalue weighted by atomic mass is 16.6. The lowest BCUT2D eigenvalue weighted by Crippen LogP contribution is -2.34. The summed E-state index contributed by atoms with van der Waals surface area (Å²) in [6, 6.07) is 0. The molecule has 27 heavy (non-hydrogen) atoms. The maximum absolute atomic E-state index is 12.3. The van der Waals surface area contributed by atoms with Gasteiger partial charge in [0.25, 0.3) is 0 Å². The smallest absolute Gasteiger partial charge is 0.309 e. The van der Waals surface area contributed by atoms with Crippen molar-refractivity contribution in [3.05, 3.63) is 0 Å². The number of hydrogen-bond donors (Lipinski definition) is 0. The molecule has 0 aliphatic carbocycles. The first-order valence-corrected chi connectivity index (χ1v) is 10.4. The van der Waals surface area contributed by atoms with Crippen LogP contribution >= 0.6 is 0 Å². The molecule has 0 radical (unpaired) electrons. The largest absolute Gasteiger partial charge is 0.461 e. The van der Waals surface area contributed by atoms with Gasteiger partial charge in [-0.15, -0.1) is 0 Å². The predicted molar refractivity (Wildman–Crippen MR) is 104 cm³/mol. The molecule has 0 aliphatic heterocycles. The fourth-order valence-electron chi connectivity index (χ4n) is 2.83. The zero-order valence-electron chi connectivity index (χ0n) is 17.9. The molecule has 0 fully saturated rings. The van der Waals surface area contributed by atoms with Gasteiger partial charge in [0.15, 0.2) is 6.10 Å². The Morgan fingerprint density at radius 2 is 0.852 bits per heavy atom. The molecule has 0 N–H and O–H groups in total. The summed E-state index contributed by atoms with van der Waals surface area (Å²) in [5.74, 6) is -1.52. The maximum Gasteiger partial charge on any atom is 0.309 e. The maximum atomic E-state index is 12.3. The van der Waals surface area contributed by atoms with E-state index in [4.69, 9.17) is 14.2 Å². The standard InChI is InChI=1S/C21H38O6/c1-7-15(8-2)19(22)25-13-18(27-21(24)17(11-5)12-6)14-26-20(23)16(9-3)10-4/h15-18H,7-14H2,1-6H3. The molecule has 0 bridgehead atoms. The third-order valence-electron chi connectivity index (χ3n) is 5.06. The molecular formula is C21H38O6. The molecule has 0 unspecified atom stereocenters. The van der Waals surface area contributed by atoms with E-state index >= 15 is 0 Å². The Balaban J connectivity index is 4.91. The summed E-state index contributed by atoms with van der Waals surface area (Å²) in [4.78, 5) is 36.5. The van der Waals surface area contributed by atoms with Crippen molar-refractivity contribution in [1.29, 1.82) is 0 Å². The first-order chi connectivity index (χ1) is 12.9. The lowest BCUT2D eigenvalue weighted by atomic mass is 10.0. The molecule has 6 heteroatoms. The summed E-state index contributed by atoms with van der Waals surface area (Å²) in [7, 11) is 0. The van der Waals surface area contributed by atoms with Crippen LogP contribution in [0.25, 0.3) is 0 Å². The van der Waals surface area contributed by atoms with Crippen LogP contribution in [0.5, 0.6) is 0 Å². The molecule has 0 heterocycles. The van der Waals surface area contributed by atoms with Gasteiger partial charge >= 0.3 is 17.9 Å². The molecule has 0 aromatic rings. The van der Waals surface area contributed by atoms with Crippen molar-refractivity contribution in [3.63, 3.8) is 0 Å². The van der Waals surface area contributed by atoms with Gasteiger partial charge < -0.3 is 14.2 Å². The first-order valence-electron chi connectivity index (χ1n) is 10.4. The van der Waals surface area contributed by atoms with Crippen LogP contribution in [0, 0.1) is 17.8 Å². The van der Waals surface area contributed by atoms with Crippen molar-refractivity contribution < 1.29 is 28.6 Å². The molecule has 0 saturated heterocycles. The number of hydrogen-bond acceptors (Lipinski definition) is 6. The van der Waals surface area contributed by atoms with Gasteiger partial charge in [-0.3, -0.25) is 14.4 Å². The molecule has 0 aromatic carbocycles. The zero-order valence-corrected chi connectivity index (χ0v) is 17.9. The highest BCUT2D eigenvalue weighted by molar-refractivity contribution is 5.74. The summed E-state index contributed by atoms with van der Waals surface area (Å²) in [6.45, 7) is 11.4. The van der Waals surface area contributed by atoms with Crippen LogP contribution in [0.4, 0.5) is 0 Å². The van der Waals surface area contributed by atoms with Gasteiger partial charge in [-0.25, -0.2) is 0 Å². The second-order valence-electron chi connectivity index (χ2n) is 6.86. The van der Waals surface area contributed by atoms with Crippen LogP contribution < -0.4 is 0 Å². The average Bonchev–Trinajstić information content (AvgIpc) is 2.66. The predicted octanol–water partition coefficient (Wildman–Crippen LogP) is 4.29. The molecule has 0 aromatic heterocycles. The monoisotopic (exact) mass is 386 g/mol. The van der Waals surface area contributed by atoms with Gasteiger partial charge in [0.2, 0.25) is 0 Å². The SMILES string of the molecule is CCC(CC)C(=O)OCC(COC(=O)C(CC)CC)OC(=O)C(CC)CC. The molecule has 0 rings (SSSR count). The van der Waals surface area contributed by atoms with Crippen molar-refractivity contribution in [1.82, 2.24) is 0 Å². The summed E-state index contributed by atoms with van der Waals surface area (Å²) in [5.41, 5.74) is 0. The third kappa shape index (κ3) is 9.25. The first kappa shape index (κ1) is 25.4. The highest BCUT2D eigenvalue weighted by Gasteiger charge is 2.26. The summed E-state index contributed by atoms with van der Waals surface area (Å²) >= 11 is 0. The Morgan fingerprint density at radius 3 is 1.15 bits per heavy atom. The molecule has 0 amide bonds. The third-order valence-corrected chi connectivity index (χ3v) is 5.06. The van der Waals surface area contributed by atoms with E-state index in [2.05, 4.69) is 0 Å². The van der Waals surface area contributed by atoms with Crippen molar-refractivity contribution in [2.75, 3.05) is 13.2 Å². The van der Waals surface area contributed by atoms with Gasteiger partial charge in [-0.1, -0.05) is 41.5 Å². The lowest BCUT2D eigenvalue weighted by molar-refractivity contribution is -0.172. The fraction of sp³-hybridized carbons (Fsp3) is 0.857. The Morgan fingerprint density at radius 1 is 0.556 bits per heavy atom. The number of ether oxygens (including phenoxy) is 3. The second-order valence-corrected chi connectivity index (χ2v) is 6.86. The lowest BCUT2D eigenvalue weighted by Gasteiger charge is -2.22. The van der Waals surface area contributed by atoms with E-state index in [9.17, 15) is 14.4 Å². The minimum absolute atomic E-state index is 0.0998. The van der Waals surface area contributed by atoms with Gasteiger partial charge in [0, 0.05) is 0 Å². The topological polar surface area (TPSA) is 78.9 Å². The summed E-state index contributed by atoms with van der Waals surface area (Å²) in [5, 5.41) is 0. The van der Waals surface area contributed by atoms with Crippen LogP contribution in [-0.2, 0) is 28.6 Å². The Labute approximate surface area is 164 Å². The van der Waals surface area contributed by atoms with Crippen molar-refractivity contribution in [2.45, 2.75) is 86.2 Å². The van der Waals surface area contributed by atoms with Gasteiger partial charge in [-0.05, 0) is 38.5 Å². The molecule has 0 aliphatic rings. The molecular weight excluding hydrogens is 348 g/mol. The average molecular weight is 387 g/mol. The van der Waals surface area contributed by atoms with Gasteiger partial charge in [0.05, 0.1) is 17.8 Å². The minimum Gasteiger partial charge on any atom is -0.461 e. The fourth-order valence-corrected chi connectivity index (χ4v) is 2.83. The van der Waals surface area contributed by atoms with Crippen LogP contribution in [0.1, 0.15) is 80.1 Å². The zero-order chi connectivity index (χ0) is 20.8. The van der Waals surface area contributed by atoms with Crippen LogP contribution in [0.15, 0.2) is 0 Å². The quantitative estimate of drug-likeness (QED) is 0.327. The Hall–Kier alpha value is -1.59. The number of esters is 3. The van der Waals surface area contributed by atoms with Crippen molar-refractivity contribution in [3.8, 4) is 0 Å². The van der Waals surface area contributed by atoms with E-state index in [0.29, 0.717) is 38.5 Å². The van der Waals surface area contributed by atoms with Gasteiger partial charge in [-0.2, -0.15) is 0 Å². The molecule has 0 atom stereocenters. The summed E-state index contributed by atoms with van der Waals surface area (Å²) < 4.78 is 16.2. The Kier molecular flexibility index (Phi) is 13.6. The van der Waals surface area contributed by atoms with Crippen LogP contribution in [-0.4, -0.2) is 37.2 Å². The number of carbonyl (C=O) groups excluding carboxylic acids is 3. The minimum atomic E-state index is -0.783. The van der Waals surface area contributed by atoms with E-state index in [-0.39, 0.29) is 48.9 Å². The molecule has 0 saturated carbocycles. The molecule has 158 valence electrons. The van der Waals surface area contributed by atoms with E-state index in [0.717, 1.165) is 0 Å². The summed E-state index contributed by atoms with van der Waals surface area (Å²) in [6.07, 6.45) is 3.32. The van der Waals surface area contributed by atoms with Crippen molar-refractivity contribution >= 4 is 17.9 Å². The second kappa shape index (κ2) is 14.5. The normalized spacial score (nSPS) is 11.3. The van der Waals surface area contributed by atoms with Gasteiger partial charge in [0.1, 0.15) is 13.2 Å². The van der Waals surface area contributed by atoms with E-state index in [1.54, 1.807) is 0 Å². The highest BCUT2D eigenvalue weighted by Crippen LogP contribution is 2.15. The number of carbonyl (C=O) groups is 3. The van der Waals surface area contributed by atoms with E-state index in [1.807, 2.05) is 41.5 Å². The van der Waals surface area contributed by atoms with E-state index < -0.39 is 6.10 Å². The van der Waals surface area contributed by atoms with Crippen molar-refractivity contribution in [2.24, 2.45) is 17.8 Å². The Bertz CT molecular complexity index is 408. The van der Waals surface area contributed by atoms with Crippen LogP contribution in [0.3, 0.4) is 0 Å². The van der Waals surface area contributed by atoms with E-state index in [1.165, 1.54) is 0 Å². The molecule has 0 spiro atoms.